The fourth-order valence-electron chi connectivity index (χ4n) is 2.56. The Morgan fingerprint density at radius 2 is 1.47 bits per heavy atom. The minimum atomic E-state index is -4.09. The Labute approximate surface area is 175 Å². The third-order valence-corrected chi connectivity index (χ3v) is 6.21. The van der Waals surface area contributed by atoms with Crippen LogP contribution in [0.1, 0.15) is 6.92 Å². The van der Waals surface area contributed by atoms with E-state index in [9.17, 15) is 16.8 Å². The number of sulfonamides is 2. The number of primary sulfonamides is 1. The SMILES string of the molecule is CCOc1ccc(Oc2ccccc2NS(=O)(=O)c2cccc(S(N)(=O)=O)c2)cc1. The van der Waals surface area contributed by atoms with Gasteiger partial charge in [-0.15, -0.1) is 0 Å². The third-order valence-electron chi connectivity index (χ3n) is 3.94. The van der Waals surface area contributed by atoms with Gasteiger partial charge < -0.3 is 9.47 Å². The van der Waals surface area contributed by atoms with Crippen molar-refractivity contribution in [1.82, 2.24) is 0 Å². The van der Waals surface area contributed by atoms with E-state index in [0.717, 1.165) is 6.07 Å². The van der Waals surface area contributed by atoms with E-state index in [2.05, 4.69) is 4.72 Å². The number of nitrogens with two attached hydrogens (primary N) is 1. The van der Waals surface area contributed by atoms with Gasteiger partial charge in [-0.3, -0.25) is 4.72 Å². The van der Waals surface area contributed by atoms with Crippen molar-refractivity contribution in [2.45, 2.75) is 16.7 Å². The minimum Gasteiger partial charge on any atom is -0.494 e. The molecule has 3 rings (SSSR count). The van der Waals surface area contributed by atoms with Crippen LogP contribution in [0.5, 0.6) is 17.2 Å². The zero-order valence-corrected chi connectivity index (χ0v) is 17.6. The van der Waals surface area contributed by atoms with Gasteiger partial charge in [-0.2, -0.15) is 0 Å². The molecule has 158 valence electrons. The second-order valence-corrected chi connectivity index (χ2v) is 9.37. The van der Waals surface area contributed by atoms with Gasteiger partial charge in [0.25, 0.3) is 10.0 Å². The van der Waals surface area contributed by atoms with Crippen molar-refractivity contribution < 1.29 is 26.3 Å². The standard InChI is InChI=1S/C20H20N2O6S2/c1-2-27-15-10-12-16(13-11-15)28-20-9-4-3-8-19(20)22-30(25,26)18-7-5-6-17(14-18)29(21,23)24/h3-14,22H,2H2,1H3,(H2,21,23,24). The molecule has 30 heavy (non-hydrogen) atoms. The Morgan fingerprint density at radius 3 is 2.13 bits per heavy atom. The Balaban J connectivity index is 1.87. The summed E-state index contributed by atoms with van der Waals surface area (Å²) in [6.07, 6.45) is 0. The molecular formula is C20H20N2O6S2. The molecular weight excluding hydrogens is 428 g/mol. The topological polar surface area (TPSA) is 125 Å². The summed E-state index contributed by atoms with van der Waals surface area (Å²) in [5.74, 6) is 1.45. The van der Waals surface area contributed by atoms with Gasteiger partial charge in [0.15, 0.2) is 5.75 Å². The van der Waals surface area contributed by atoms with Crippen LogP contribution in [0.25, 0.3) is 0 Å². The first kappa shape index (κ1) is 21.6. The van der Waals surface area contributed by atoms with Gasteiger partial charge in [0.2, 0.25) is 10.0 Å². The van der Waals surface area contributed by atoms with Crippen LogP contribution in [0.15, 0.2) is 82.6 Å². The van der Waals surface area contributed by atoms with Crippen molar-refractivity contribution in [3.8, 4) is 17.2 Å². The highest BCUT2D eigenvalue weighted by molar-refractivity contribution is 7.93. The van der Waals surface area contributed by atoms with Crippen LogP contribution >= 0.6 is 0 Å². The number of anilines is 1. The van der Waals surface area contributed by atoms with Crippen molar-refractivity contribution in [3.63, 3.8) is 0 Å². The lowest BCUT2D eigenvalue weighted by atomic mass is 10.3. The van der Waals surface area contributed by atoms with Crippen LogP contribution in [-0.2, 0) is 20.0 Å². The number of hydrogen-bond donors (Lipinski definition) is 2. The second kappa shape index (κ2) is 8.74. The molecule has 0 aliphatic rings. The van der Waals surface area contributed by atoms with Gasteiger partial charge in [0.1, 0.15) is 11.5 Å². The van der Waals surface area contributed by atoms with Crippen molar-refractivity contribution in [2.75, 3.05) is 11.3 Å². The molecule has 8 nitrogen and oxygen atoms in total. The molecule has 0 amide bonds. The molecule has 0 saturated carbocycles. The van der Waals surface area contributed by atoms with Gasteiger partial charge >= 0.3 is 0 Å². The summed E-state index contributed by atoms with van der Waals surface area (Å²) in [5, 5.41) is 5.09. The van der Waals surface area contributed by atoms with Gasteiger partial charge in [0.05, 0.1) is 22.1 Å². The smallest absolute Gasteiger partial charge is 0.262 e. The molecule has 0 fully saturated rings. The molecule has 10 heteroatoms. The van der Waals surface area contributed by atoms with Crippen LogP contribution < -0.4 is 19.3 Å². The fourth-order valence-corrected chi connectivity index (χ4v) is 4.31. The van der Waals surface area contributed by atoms with Crippen LogP contribution in [0.4, 0.5) is 5.69 Å². The quantitative estimate of drug-likeness (QED) is 0.545. The van der Waals surface area contributed by atoms with Gasteiger partial charge in [-0.25, -0.2) is 22.0 Å². The maximum atomic E-state index is 12.8. The molecule has 0 aromatic heterocycles. The van der Waals surface area contributed by atoms with E-state index in [1.165, 1.54) is 24.3 Å². The molecule has 0 spiro atoms. The predicted octanol–water partition coefficient (Wildman–Crippen LogP) is 3.33. The maximum Gasteiger partial charge on any atom is 0.262 e. The minimum absolute atomic E-state index is 0.187. The molecule has 3 aromatic carbocycles. The molecule has 3 aromatic rings. The van der Waals surface area contributed by atoms with Crippen molar-refractivity contribution in [1.29, 1.82) is 0 Å². The van der Waals surface area contributed by atoms with E-state index in [4.69, 9.17) is 14.6 Å². The molecule has 0 unspecified atom stereocenters. The first-order valence-electron chi connectivity index (χ1n) is 8.84. The molecule has 0 aliphatic heterocycles. The summed E-state index contributed by atoms with van der Waals surface area (Å²) in [6, 6.07) is 18.1. The zero-order valence-electron chi connectivity index (χ0n) is 16.0. The summed E-state index contributed by atoms with van der Waals surface area (Å²) in [4.78, 5) is -0.547. The average Bonchev–Trinajstić information content (AvgIpc) is 2.70. The average molecular weight is 449 g/mol. The number of para-hydroxylation sites is 2. The van der Waals surface area contributed by atoms with E-state index >= 15 is 0 Å². The van der Waals surface area contributed by atoms with E-state index < -0.39 is 20.0 Å². The van der Waals surface area contributed by atoms with E-state index in [1.807, 2.05) is 6.92 Å². The summed E-state index contributed by atoms with van der Waals surface area (Å²) in [5.41, 5.74) is 0.187. The lowest BCUT2D eigenvalue weighted by molar-refractivity contribution is 0.339. The van der Waals surface area contributed by atoms with Gasteiger partial charge in [-0.05, 0) is 61.5 Å². The van der Waals surface area contributed by atoms with Crippen molar-refractivity contribution >= 4 is 25.7 Å². The second-order valence-electron chi connectivity index (χ2n) is 6.13. The summed E-state index contributed by atoms with van der Waals surface area (Å²) in [7, 11) is -8.14. The predicted molar refractivity (Wildman–Crippen MR) is 113 cm³/mol. The van der Waals surface area contributed by atoms with Gasteiger partial charge in [-0.1, -0.05) is 18.2 Å². The summed E-state index contributed by atoms with van der Waals surface area (Å²) in [6.45, 7) is 2.42. The van der Waals surface area contributed by atoms with Crippen LogP contribution in [0.3, 0.4) is 0 Å². The van der Waals surface area contributed by atoms with Crippen LogP contribution in [0, 0.1) is 0 Å². The van der Waals surface area contributed by atoms with Crippen molar-refractivity contribution in [3.05, 3.63) is 72.8 Å². The third kappa shape index (κ3) is 5.29. The highest BCUT2D eigenvalue weighted by Gasteiger charge is 2.19. The van der Waals surface area contributed by atoms with Gasteiger partial charge in [0, 0.05) is 0 Å². The van der Waals surface area contributed by atoms with Crippen molar-refractivity contribution in [2.24, 2.45) is 5.14 Å². The number of benzene rings is 3. The van der Waals surface area contributed by atoms with E-state index in [-0.39, 0.29) is 21.2 Å². The number of nitrogens with one attached hydrogen (secondary N) is 1. The zero-order chi connectivity index (χ0) is 21.8. The molecule has 3 N–H and O–H groups in total. The van der Waals surface area contributed by atoms with Crippen LogP contribution in [-0.4, -0.2) is 23.4 Å². The Morgan fingerprint density at radius 1 is 0.833 bits per heavy atom. The molecule has 0 saturated heterocycles. The molecule has 0 heterocycles. The lowest BCUT2D eigenvalue weighted by Crippen LogP contribution is -2.16. The Bertz CT molecular complexity index is 1240. The molecule has 0 radical (unpaired) electrons. The molecule has 0 atom stereocenters. The highest BCUT2D eigenvalue weighted by Crippen LogP contribution is 2.32. The van der Waals surface area contributed by atoms with E-state index in [1.54, 1.807) is 42.5 Å². The number of ether oxygens (including phenoxy) is 2. The monoisotopic (exact) mass is 448 g/mol. The number of hydrogen-bond acceptors (Lipinski definition) is 6. The number of rotatable bonds is 8. The maximum absolute atomic E-state index is 12.8. The first-order valence-corrected chi connectivity index (χ1v) is 11.9. The summed E-state index contributed by atoms with van der Waals surface area (Å²) >= 11 is 0. The molecule has 0 aliphatic carbocycles. The summed E-state index contributed by atoms with van der Waals surface area (Å²) < 4.78 is 62.2. The first-order chi connectivity index (χ1) is 14.2. The van der Waals surface area contributed by atoms with E-state index in [0.29, 0.717) is 18.1 Å². The van der Waals surface area contributed by atoms with Crippen LogP contribution in [0.2, 0.25) is 0 Å². The Kier molecular flexibility index (Phi) is 6.30. The Hall–Kier alpha value is -3.08. The fraction of sp³-hybridized carbons (Fsp3) is 0.100. The normalized spacial score (nSPS) is 11.7. The lowest BCUT2D eigenvalue weighted by Gasteiger charge is -2.14. The highest BCUT2D eigenvalue weighted by atomic mass is 32.2. The largest absolute Gasteiger partial charge is 0.494 e. The molecule has 0 bridgehead atoms.